The molecule has 1 N–H and O–H groups in total. The van der Waals surface area contributed by atoms with Crippen LogP contribution in [0.1, 0.15) is 51.2 Å². The van der Waals surface area contributed by atoms with Crippen molar-refractivity contribution >= 4 is 17.5 Å². The number of anilines is 1. The van der Waals surface area contributed by atoms with Gasteiger partial charge in [-0.05, 0) is 36.1 Å². The minimum atomic E-state index is -0.191. The molecule has 2 atom stereocenters. The third-order valence-corrected chi connectivity index (χ3v) is 5.05. The topological polar surface area (TPSA) is 49.4 Å². The zero-order valence-corrected chi connectivity index (χ0v) is 16.7. The van der Waals surface area contributed by atoms with Gasteiger partial charge in [-0.3, -0.25) is 9.59 Å². The molecular formula is C23H30N2O2. The maximum Gasteiger partial charge on any atom is 0.232 e. The number of benzene rings is 2. The summed E-state index contributed by atoms with van der Waals surface area (Å²) in [6.45, 7) is 8.96. The first-order chi connectivity index (χ1) is 13.0. The maximum absolute atomic E-state index is 13.0. The summed E-state index contributed by atoms with van der Waals surface area (Å²) in [5.74, 6) is 0.104. The highest BCUT2D eigenvalue weighted by Gasteiger charge is 2.25. The number of nitrogens with one attached hydrogen (secondary N) is 1. The summed E-state index contributed by atoms with van der Waals surface area (Å²) in [6, 6.07) is 17.7. The van der Waals surface area contributed by atoms with Crippen molar-refractivity contribution in [2.24, 2.45) is 5.92 Å². The van der Waals surface area contributed by atoms with Crippen LogP contribution in [-0.4, -0.2) is 23.3 Å². The predicted octanol–water partition coefficient (Wildman–Crippen LogP) is 4.82. The van der Waals surface area contributed by atoms with E-state index in [2.05, 4.69) is 19.2 Å². The molecule has 0 bridgehead atoms. The van der Waals surface area contributed by atoms with Gasteiger partial charge in [0.15, 0.2) is 0 Å². The van der Waals surface area contributed by atoms with Crippen LogP contribution in [0.15, 0.2) is 54.6 Å². The second-order valence-corrected chi connectivity index (χ2v) is 7.00. The van der Waals surface area contributed by atoms with E-state index in [0.29, 0.717) is 13.1 Å². The molecule has 4 nitrogen and oxygen atoms in total. The lowest BCUT2D eigenvalue weighted by Gasteiger charge is -2.23. The van der Waals surface area contributed by atoms with E-state index in [9.17, 15) is 9.59 Å². The molecule has 2 aromatic rings. The van der Waals surface area contributed by atoms with Crippen LogP contribution in [0, 0.1) is 5.92 Å². The van der Waals surface area contributed by atoms with Crippen LogP contribution in [0.5, 0.6) is 0 Å². The summed E-state index contributed by atoms with van der Waals surface area (Å²) in [6.07, 6.45) is 0.928. The Bertz CT molecular complexity index is 758. The van der Waals surface area contributed by atoms with Crippen LogP contribution in [0.25, 0.3) is 0 Å². The average molecular weight is 367 g/mol. The standard InChI is InChI=1S/C23H30N2O2/c1-5-17(3)22(20-12-8-7-9-13-20)23(27)24-21-14-10-11-19(15-21)16-25(6-2)18(4)26/h7-15,17,22H,5-6,16H2,1-4H3,(H,24,27). The van der Waals surface area contributed by atoms with Crippen molar-refractivity contribution in [3.05, 3.63) is 65.7 Å². The van der Waals surface area contributed by atoms with E-state index < -0.39 is 0 Å². The van der Waals surface area contributed by atoms with E-state index in [4.69, 9.17) is 0 Å². The first-order valence-electron chi connectivity index (χ1n) is 9.66. The highest BCUT2D eigenvalue weighted by atomic mass is 16.2. The van der Waals surface area contributed by atoms with E-state index in [-0.39, 0.29) is 23.7 Å². The first kappa shape index (κ1) is 20.7. The molecule has 0 radical (unpaired) electrons. The molecule has 0 saturated carbocycles. The van der Waals surface area contributed by atoms with Crippen molar-refractivity contribution in [1.29, 1.82) is 0 Å². The van der Waals surface area contributed by atoms with Crippen molar-refractivity contribution in [2.45, 2.75) is 46.6 Å². The van der Waals surface area contributed by atoms with Gasteiger partial charge in [-0.2, -0.15) is 0 Å². The SMILES string of the molecule is CCC(C)C(C(=O)Nc1cccc(CN(CC)C(C)=O)c1)c1ccccc1. The molecule has 0 aromatic heterocycles. The number of amides is 2. The molecule has 144 valence electrons. The van der Waals surface area contributed by atoms with E-state index in [1.165, 1.54) is 0 Å². The van der Waals surface area contributed by atoms with Gasteiger partial charge in [0.2, 0.25) is 11.8 Å². The molecule has 0 fully saturated rings. The second kappa shape index (κ2) is 9.91. The van der Waals surface area contributed by atoms with Crippen molar-refractivity contribution in [1.82, 2.24) is 4.90 Å². The molecule has 2 aromatic carbocycles. The molecular weight excluding hydrogens is 336 g/mol. The summed E-state index contributed by atoms with van der Waals surface area (Å²) in [5, 5.41) is 3.07. The van der Waals surface area contributed by atoms with Crippen molar-refractivity contribution in [2.75, 3.05) is 11.9 Å². The molecule has 2 unspecified atom stereocenters. The van der Waals surface area contributed by atoms with Crippen molar-refractivity contribution in [3.63, 3.8) is 0 Å². The zero-order valence-electron chi connectivity index (χ0n) is 16.7. The van der Waals surface area contributed by atoms with E-state index in [0.717, 1.165) is 23.2 Å². The Balaban J connectivity index is 2.18. The van der Waals surface area contributed by atoms with Gasteiger partial charge in [0.05, 0.1) is 5.92 Å². The van der Waals surface area contributed by atoms with E-state index in [1.807, 2.05) is 61.5 Å². The fraction of sp³-hybridized carbons (Fsp3) is 0.391. The Labute approximate surface area is 162 Å². The second-order valence-electron chi connectivity index (χ2n) is 7.00. The van der Waals surface area contributed by atoms with Crippen LogP contribution < -0.4 is 5.32 Å². The Morgan fingerprint density at radius 3 is 2.33 bits per heavy atom. The largest absolute Gasteiger partial charge is 0.339 e. The van der Waals surface area contributed by atoms with E-state index >= 15 is 0 Å². The molecule has 0 saturated heterocycles. The number of nitrogens with zero attached hydrogens (tertiary/aromatic N) is 1. The predicted molar refractivity (Wildman–Crippen MR) is 110 cm³/mol. The maximum atomic E-state index is 13.0. The van der Waals surface area contributed by atoms with Gasteiger partial charge in [0.1, 0.15) is 0 Å². The Morgan fingerprint density at radius 2 is 1.74 bits per heavy atom. The first-order valence-corrected chi connectivity index (χ1v) is 9.66. The molecule has 0 heterocycles. The van der Waals surface area contributed by atoms with Crippen LogP contribution >= 0.6 is 0 Å². The monoisotopic (exact) mass is 366 g/mol. The Kier molecular flexibility index (Phi) is 7.59. The summed E-state index contributed by atoms with van der Waals surface area (Å²) < 4.78 is 0. The van der Waals surface area contributed by atoms with E-state index in [1.54, 1.807) is 11.8 Å². The molecule has 2 rings (SSSR count). The molecule has 27 heavy (non-hydrogen) atoms. The molecule has 0 spiro atoms. The Morgan fingerprint density at radius 1 is 1.04 bits per heavy atom. The number of carbonyl (C=O) groups excluding carboxylic acids is 2. The molecule has 2 amide bonds. The van der Waals surface area contributed by atoms with Gasteiger partial charge in [0, 0.05) is 25.7 Å². The average Bonchev–Trinajstić information content (AvgIpc) is 2.67. The van der Waals surface area contributed by atoms with Crippen LogP contribution in [-0.2, 0) is 16.1 Å². The lowest BCUT2D eigenvalue weighted by Crippen LogP contribution is -2.28. The highest BCUT2D eigenvalue weighted by molar-refractivity contribution is 5.96. The number of hydrogen-bond donors (Lipinski definition) is 1. The summed E-state index contributed by atoms with van der Waals surface area (Å²) in [5.41, 5.74) is 2.81. The normalized spacial score (nSPS) is 12.9. The lowest BCUT2D eigenvalue weighted by molar-refractivity contribution is -0.129. The molecule has 0 aliphatic heterocycles. The Hall–Kier alpha value is -2.62. The quantitative estimate of drug-likeness (QED) is 0.728. The van der Waals surface area contributed by atoms with Gasteiger partial charge in [-0.1, -0.05) is 62.7 Å². The van der Waals surface area contributed by atoms with Gasteiger partial charge < -0.3 is 10.2 Å². The zero-order chi connectivity index (χ0) is 19.8. The number of carbonyl (C=O) groups is 2. The number of rotatable bonds is 8. The highest BCUT2D eigenvalue weighted by Crippen LogP contribution is 2.28. The minimum Gasteiger partial charge on any atom is -0.339 e. The van der Waals surface area contributed by atoms with Crippen LogP contribution in [0.4, 0.5) is 5.69 Å². The van der Waals surface area contributed by atoms with Gasteiger partial charge >= 0.3 is 0 Å². The third kappa shape index (κ3) is 5.68. The van der Waals surface area contributed by atoms with Crippen LogP contribution in [0.3, 0.4) is 0 Å². The smallest absolute Gasteiger partial charge is 0.232 e. The number of hydrogen-bond acceptors (Lipinski definition) is 2. The van der Waals surface area contributed by atoms with Gasteiger partial charge in [-0.15, -0.1) is 0 Å². The third-order valence-electron chi connectivity index (χ3n) is 5.05. The van der Waals surface area contributed by atoms with Crippen LogP contribution in [0.2, 0.25) is 0 Å². The summed E-state index contributed by atoms with van der Waals surface area (Å²) in [4.78, 5) is 26.5. The minimum absolute atomic E-state index is 0.00613. The van der Waals surface area contributed by atoms with Gasteiger partial charge in [0.25, 0.3) is 0 Å². The fourth-order valence-electron chi connectivity index (χ4n) is 3.27. The lowest BCUT2D eigenvalue weighted by atomic mass is 9.85. The molecule has 4 heteroatoms. The molecule has 0 aliphatic carbocycles. The fourth-order valence-corrected chi connectivity index (χ4v) is 3.27. The van der Waals surface area contributed by atoms with Crippen molar-refractivity contribution < 1.29 is 9.59 Å². The summed E-state index contributed by atoms with van der Waals surface area (Å²) >= 11 is 0. The van der Waals surface area contributed by atoms with Gasteiger partial charge in [-0.25, -0.2) is 0 Å². The molecule has 0 aliphatic rings. The summed E-state index contributed by atoms with van der Waals surface area (Å²) in [7, 11) is 0. The van der Waals surface area contributed by atoms with Crippen molar-refractivity contribution in [3.8, 4) is 0 Å².